The summed E-state index contributed by atoms with van der Waals surface area (Å²) >= 11 is 1.68. The third-order valence-electron chi connectivity index (χ3n) is 3.62. The van der Waals surface area contributed by atoms with Crippen LogP contribution in [0.15, 0.2) is 35.1 Å². The van der Waals surface area contributed by atoms with Gasteiger partial charge in [0.2, 0.25) is 0 Å². The Morgan fingerprint density at radius 1 is 1.35 bits per heavy atom. The highest BCUT2D eigenvalue weighted by molar-refractivity contribution is 7.22. The van der Waals surface area contributed by atoms with Gasteiger partial charge in [0.25, 0.3) is 0 Å². The Bertz CT molecular complexity index is 732. The molecule has 3 heterocycles. The van der Waals surface area contributed by atoms with Crippen molar-refractivity contribution in [1.82, 2.24) is 10.1 Å². The molecule has 0 spiro atoms. The van der Waals surface area contributed by atoms with Gasteiger partial charge in [0.05, 0.1) is 23.0 Å². The van der Waals surface area contributed by atoms with Gasteiger partial charge in [-0.15, -0.1) is 0 Å². The molecule has 0 saturated carbocycles. The van der Waals surface area contributed by atoms with Crippen molar-refractivity contribution in [2.75, 3.05) is 25.1 Å². The van der Waals surface area contributed by atoms with Gasteiger partial charge < -0.3 is 14.2 Å². The largest absolute Gasteiger partial charge is 0.495 e. The quantitative estimate of drug-likeness (QED) is 0.741. The molecule has 102 valence electrons. The van der Waals surface area contributed by atoms with Crippen molar-refractivity contribution in [1.29, 1.82) is 0 Å². The van der Waals surface area contributed by atoms with Crippen LogP contribution in [0.3, 0.4) is 0 Å². The number of hydrogen-bond donors (Lipinski definition) is 0. The molecule has 0 radical (unpaired) electrons. The minimum atomic E-state index is 0.447. The number of rotatable bonds is 3. The van der Waals surface area contributed by atoms with Gasteiger partial charge in [-0.2, -0.15) is 0 Å². The third-order valence-corrected chi connectivity index (χ3v) is 4.76. The van der Waals surface area contributed by atoms with Gasteiger partial charge in [-0.3, -0.25) is 0 Å². The lowest BCUT2D eigenvalue weighted by molar-refractivity contribution is 0.393. The van der Waals surface area contributed by atoms with Crippen LogP contribution in [0.1, 0.15) is 11.6 Å². The second kappa shape index (κ2) is 4.49. The molecule has 3 aromatic rings. The summed E-state index contributed by atoms with van der Waals surface area (Å²) in [5.74, 6) is 1.34. The van der Waals surface area contributed by atoms with E-state index >= 15 is 0 Å². The van der Waals surface area contributed by atoms with Crippen molar-refractivity contribution < 1.29 is 9.26 Å². The number of aromatic nitrogens is 2. The number of anilines is 1. The molecule has 0 amide bonds. The van der Waals surface area contributed by atoms with Gasteiger partial charge in [0.15, 0.2) is 5.13 Å². The maximum Gasteiger partial charge on any atom is 0.186 e. The van der Waals surface area contributed by atoms with Gasteiger partial charge in [-0.1, -0.05) is 22.6 Å². The fourth-order valence-corrected chi connectivity index (χ4v) is 3.54. The molecule has 1 fully saturated rings. The van der Waals surface area contributed by atoms with Crippen molar-refractivity contribution in [3.8, 4) is 5.75 Å². The van der Waals surface area contributed by atoms with Crippen LogP contribution in [0.2, 0.25) is 0 Å². The van der Waals surface area contributed by atoms with Gasteiger partial charge in [0.1, 0.15) is 12.0 Å². The molecule has 0 unspecified atom stereocenters. The molecule has 5 nitrogen and oxygen atoms in total. The standard InChI is InChI=1S/C14H13N3O2S/c1-18-12-4-2-3-11-13(12)20-14(15-11)17-7-9(8-17)10-5-6-19-16-10/h2-6,9H,7-8H2,1H3. The van der Waals surface area contributed by atoms with Crippen molar-refractivity contribution >= 4 is 26.7 Å². The summed E-state index contributed by atoms with van der Waals surface area (Å²) in [6.07, 6.45) is 1.63. The number of fused-ring (bicyclic) bond motifs is 1. The minimum Gasteiger partial charge on any atom is -0.495 e. The number of methoxy groups -OCH3 is 1. The van der Waals surface area contributed by atoms with Crippen molar-refractivity contribution in [2.24, 2.45) is 0 Å². The molecule has 2 aromatic heterocycles. The number of thiazole rings is 1. The van der Waals surface area contributed by atoms with Crippen molar-refractivity contribution in [3.63, 3.8) is 0 Å². The number of benzene rings is 1. The summed E-state index contributed by atoms with van der Waals surface area (Å²) in [6.45, 7) is 1.88. The zero-order chi connectivity index (χ0) is 13.5. The first-order valence-corrected chi connectivity index (χ1v) is 7.25. The molecule has 1 aromatic carbocycles. The van der Waals surface area contributed by atoms with E-state index in [1.807, 2.05) is 24.3 Å². The Labute approximate surface area is 119 Å². The number of ether oxygens (including phenoxy) is 1. The molecule has 6 heteroatoms. The fourth-order valence-electron chi connectivity index (χ4n) is 2.46. The molecule has 1 aliphatic heterocycles. The number of hydrogen-bond acceptors (Lipinski definition) is 6. The molecule has 0 bridgehead atoms. The zero-order valence-electron chi connectivity index (χ0n) is 10.9. The van der Waals surface area contributed by atoms with Gasteiger partial charge in [-0.05, 0) is 12.1 Å². The van der Waals surface area contributed by atoms with E-state index in [0.717, 1.165) is 39.9 Å². The van der Waals surface area contributed by atoms with Crippen LogP contribution >= 0.6 is 11.3 Å². The van der Waals surface area contributed by atoms with Gasteiger partial charge in [0, 0.05) is 25.1 Å². The normalized spacial score (nSPS) is 15.6. The summed E-state index contributed by atoms with van der Waals surface area (Å²) in [5.41, 5.74) is 2.02. The smallest absolute Gasteiger partial charge is 0.186 e. The fraction of sp³-hybridized carbons (Fsp3) is 0.286. The summed E-state index contributed by atoms with van der Waals surface area (Å²) in [5, 5.41) is 5.04. The monoisotopic (exact) mass is 287 g/mol. The maximum atomic E-state index is 5.38. The maximum absolute atomic E-state index is 5.38. The summed E-state index contributed by atoms with van der Waals surface area (Å²) in [6, 6.07) is 7.90. The highest BCUT2D eigenvalue weighted by Crippen LogP contribution is 2.39. The van der Waals surface area contributed by atoms with Gasteiger partial charge in [-0.25, -0.2) is 4.98 Å². The second-order valence-corrected chi connectivity index (χ2v) is 5.81. The zero-order valence-corrected chi connectivity index (χ0v) is 11.8. The Balaban J connectivity index is 1.58. The lowest BCUT2D eigenvalue weighted by Gasteiger charge is -2.37. The van der Waals surface area contributed by atoms with Crippen LogP contribution in [-0.4, -0.2) is 30.3 Å². The second-order valence-electron chi connectivity index (χ2n) is 4.83. The average Bonchev–Trinajstić information content (AvgIpc) is 3.05. The lowest BCUT2D eigenvalue weighted by atomic mass is 9.97. The first-order chi connectivity index (χ1) is 9.85. The van der Waals surface area contributed by atoms with E-state index in [4.69, 9.17) is 9.26 Å². The Hall–Kier alpha value is -2.08. The summed E-state index contributed by atoms with van der Waals surface area (Å²) in [4.78, 5) is 6.95. The van der Waals surface area contributed by atoms with Crippen LogP contribution in [0.5, 0.6) is 5.75 Å². The minimum absolute atomic E-state index is 0.447. The molecule has 0 atom stereocenters. The van der Waals surface area contributed by atoms with E-state index in [2.05, 4.69) is 15.0 Å². The van der Waals surface area contributed by atoms with E-state index < -0.39 is 0 Å². The van der Waals surface area contributed by atoms with Crippen LogP contribution in [0.25, 0.3) is 10.2 Å². The van der Waals surface area contributed by atoms with Crippen molar-refractivity contribution in [3.05, 3.63) is 36.2 Å². The molecule has 20 heavy (non-hydrogen) atoms. The van der Waals surface area contributed by atoms with Crippen LogP contribution in [0, 0.1) is 0 Å². The lowest BCUT2D eigenvalue weighted by Crippen LogP contribution is -2.45. The highest BCUT2D eigenvalue weighted by atomic mass is 32.1. The van der Waals surface area contributed by atoms with E-state index in [0.29, 0.717) is 5.92 Å². The van der Waals surface area contributed by atoms with E-state index in [-0.39, 0.29) is 0 Å². The Kier molecular flexibility index (Phi) is 2.63. The first-order valence-electron chi connectivity index (χ1n) is 6.44. The molecule has 4 rings (SSSR count). The highest BCUT2D eigenvalue weighted by Gasteiger charge is 2.32. The third kappa shape index (κ3) is 1.76. The molecular weight excluding hydrogens is 274 g/mol. The topological polar surface area (TPSA) is 51.4 Å². The van der Waals surface area contributed by atoms with Gasteiger partial charge >= 0.3 is 0 Å². The predicted molar refractivity (Wildman–Crippen MR) is 77.6 cm³/mol. The van der Waals surface area contributed by atoms with Crippen LogP contribution in [0.4, 0.5) is 5.13 Å². The van der Waals surface area contributed by atoms with Crippen LogP contribution < -0.4 is 9.64 Å². The predicted octanol–water partition coefficient (Wildman–Crippen LogP) is 2.90. The van der Waals surface area contributed by atoms with Crippen molar-refractivity contribution in [2.45, 2.75) is 5.92 Å². The Morgan fingerprint density at radius 3 is 3.00 bits per heavy atom. The van der Waals surface area contributed by atoms with E-state index in [1.165, 1.54) is 0 Å². The SMILES string of the molecule is COc1cccc2nc(N3CC(c4ccon4)C3)sc12. The van der Waals surface area contributed by atoms with E-state index in [9.17, 15) is 0 Å². The molecular formula is C14H13N3O2S. The average molecular weight is 287 g/mol. The molecule has 0 N–H and O–H groups in total. The number of nitrogens with zero attached hydrogens (tertiary/aromatic N) is 3. The molecule has 0 aliphatic carbocycles. The van der Waals surface area contributed by atoms with Crippen LogP contribution in [-0.2, 0) is 0 Å². The molecule has 1 aliphatic rings. The first kappa shape index (κ1) is 11.7. The van der Waals surface area contributed by atoms with E-state index in [1.54, 1.807) is 24.7 Å². The Morgan fingerprint density at radius 2 is 2.25 bits per heavy atom. The molecule has 1 saturated heterocycles. The summed E-state index contributed by atoms with van der Waals surface area (Å²) < 4.78 is 11.4. The summed E-state index contributed by atoms with van der Waals surface area (Å²) in [7, 11) is 1.69.